The Balaban J connectivity index is 1.58. The van der Waals surface area contributed by atoms with E-state index in [4.69, 9.17) is 4.42 Å². The van der Waals surface area contributed by atoms with Gasteiger partial charge in [-0.3, -0.25) is 4.79 Å². The summed E-state index contributed by atoms with van der Waals surface area (Å²) in [5, 5.41) is 14.1. The minimum atomic E-state index is -0.0918. The van der Waals surface area contributed by atoms with Gasteiger partial charge in [-0.2, -0.15) is 0 Å². The molecule has 5 nitrogen and oxygen atoms in total. The van der Waals surface area contributed by atoms with Crippen molar-refractivity contribution in [2.45, 2.75) is 18.6 Å². The van der Waals surface area contributed by atoms with Crippen molar-refractivity contribution in [1.29, 1.82) is 0 Å². The van der Waals surface area contributed by atoms with Crippen molar-refractivity contribution >= 4 is 55.5 Å². The monoisotopic (exact) mass is 423 g/mol. The van der Waals surface area contributed by atoms with Gasteiger partial charge in [0.1, 0.15) is 0 Å². The van der Waals surface area contributed by atoms with Crippen LogP contribution in [0.1, 0.15) is 17.9 Å². The molecular weight excluding hydrogens is 410 g/mol. The van der Waals surface area contributed by atoms with Gasteiger partial charge < -0.3 is 9.73 Å². The quantitative estimate of drug-likeness (QED) is 0.699. The van der Waals surface area contributed by atoms with Crippen LogP contribution >= 0.6 is 39.0 Å². The second-order valence-electron chi connectivity index (χ2n) is 4.97. The molecule has 1 aliphatic carbocycles. The highest BCUT2D eigenvalue weighted by Crippen LogP contribution is 2.26. The van der Waals surface area contributed by atoms with E-state index in [0.29, 0.717) is 11.1 Å². The molecule has 124 valence electrons. The Morgan fingerprint density at radius 1 is 1.50 bits per heavy atom. The van der Waals surface area contributed by atoms with Crippen molar-refractivity contribution < 1.29 is 9.21 Å². The number of nitrogens with one attached hydrogen (secondary N) is 1. The van der Waals surface area contributed by atoms with Gasteiger partial charge in [-0.05, 0) is 36.4 Å². The van der Waals surface area contributed by atoms with Gasteiger partial charge in [0.15, 0.2) is 0 Å². The number of halogens is 1. The molecule has 1 amide bonds. The molecule has 0 bridgehead atoms. The third-order valence-electron chi connectivity index (χ3n) is 3.14. The molecule has 0 aliphatic heterocycles. The van der Waals surface area contributed by atoms with Crippen LogP contribution in [0.2, 0.25) is 0 Å². The summed E-state index contributed by atoms with van der Waals surface area (Å²) in [4.78, 5) is 12.0. The van der Waals surface area contributed by atoms with Crippen LogP contribution in [0.4, 0.5) is 5.00 Å². The van der Waals surface area contributed by atoms with Crippen LogP contribution in [-0.2, 0) is 4.79 Å². The van der Waals surface area contributed by atoms with Crippen LogP contribution in [-0.4, -0.2) is 21.9 Å². The van der Waals surface area contributed by atoms with Crippen molar-refractivity contribution in [3.63, 3.8) is 0 Å². The molecular formula is C16H14BrN3O2S2. The normalized spacial score (nSPS) is 14.1. The molecule has 3 rings (SSSR count). The Bertz CT molecular complexity index is 836. The van der Waals surface area contributed by atoms with Crippen molar-refractivity contribution in [3.05, 3.63) is 51.7 Å². The Hall–Kier alpha value is -1.64. The zero-order chi connectivity index (χ0) is 16.9. The lowest BCUT2D eigenvalue weighted by Crippen LogP contribution is -2.13. The summed E-state index contributed by atoms with van der Waals surface area (Å²) in [5.41, 5.74) is 1.93. The highest BCUT2D eigenvalue weighted by molar-refractivity contribution is 9.11. The second kappa shape index (κ2) is 7.96. The minimum absolute atomic E-state index is 0.0918. The summed E-state index contributed by atoms with van der Waals surface area (Å²) < 4.78 is 6.59. The zero-order valence-corrected chi connectivity index (χ0v) is 16.0. The number of hydrogen-bond donors (Lipinski definition) is 1. The molecule has 24 heavy (non-hydrogen) atoms. The molecule has 8 heteroatoms. The molecule has 0 saturated carbocycles. The third-order valence-corrected chi connectivity index (χ3v) is 5.38. The number of carbonyl (C=O) groups excluding carboxylic acids is 1. The van der Waals surface area contributed by atoms with E-state index in [9.17, 15) is 4.79 Å². The van der Waals surface area contributed by atoms with Crippen molar-refractivity contribution in [3.8, 4) is 0 Å². The van der Waals surface area contributed by atoms with Crippen molar-refractivity contribution in [2.24, 2.45) is 0 Å². The van der Waals surface area contributed by atoms with Crippen LogP contribution in [0.25, 0.3) is 5.57 Å². The van der Waals surface area contributed by atoms with Crippen LogP contribution < -0.4 is 5.32 Å². The first-order chi connectivity index (χ1) is 11.6. The van der Waals surface area contributed by atoms with Crippen LogP contribution in [0.15, 0.2) is 49.9 Å². The number of aryl methyl sites for hydroxylation is 1. The van der Waals surface area contributed by atoms with Gasteiger partial charge in [-0.1, -0.05) is 45.9 Å². The predicted molar refractivity (Wildman–Crippen MR) is 101 cm³/mol. The van der Waals surface area contributed by atoms with Gasteiger partial charge >= 0.3 is 0 Å². The average molecular weight is 424 g/mol. The summed E-state index contributed by atoms with van der Waals surface area (Å²) >= 11 is 6.18. The molecule has 1 N–H and O–H groups in total. The number of carbonyl (C=O) groups is 1. The summed E-state index contributed by atoms with van der Waals surface area (Å²) in [6, 6.07) is 1.97. The molecule has 0 fully saturated rings. The first-order valence-electron chi connectivity index (χ1n) is 7.16. The number of amides is 1. The number of rotatable bonds is 5. The smallest absolute Gasteiger partial charge is 0.277 e. The fraction of sp³-hybridized carbons (Fsp3) is 0.188. The summed E-state index contributed by atoms with van der Waals surface area (Å²) in [7, 11) is 0. The zero-order valence-electron chi connectivity index (χ0n) is 12.8. The summed E-state index contributed by atoms with van der Waals surface area (Å²) in [6.45, 7) is 1.96. The lowest BCUT2D eigenvalue weighted by molar-refractivity contribution is -0.113. The molecule has 0 aromatic carbocycles. The maximum Gasteiger partial charge on any atom is 0.277 e. The van der Waals surface area contributed by atoms with Crippen LogP contribution in [0.5, 0.6) is 0 Å². The van der Waals surface area contributed by atoms with Gasteiger partial charge in [-0.15, -0.1) is 21.5 Å². The third kappa shape index (κ3) is 4.46. The maximum absolute atomic E-state index is 12.0. The Morgan fingerprint density at radius 3 is 3.17 bits per heavy atom. The fourth-order valence-corrected chi connectivity index (χ4v) is 3.79. The molecule has 0 atom stereocenters. The van der Waals surface area contributed by atoms with E-state index in [1.807, 2.05) is 42.7 Å². The van der Waals surface area contributed by atoms with Crippen LogP contribution in [0.3, 0.4) is 0 Å². The highest BCUT2D eigenvalue weighted by Gasteiger charge is 2.13. The SMILES string of the molecule is Cc1ccsc1NC(=O)CSc1nnc(C2=CCC=CC(Br)=C2)o1. The van der Waals surface area contributed by atoms with Gasteiger partial charge in [0.05, 0.1) is 10.8 Å². The Labute approximate surface area is 156 Å². The first-order valence-corrected chi connectivity index (χ1v) is 9.82. The molecule has 0 saturated heterocycles. The largest absolute Gasteiger partial charge is 0.411 e. The fourth-order valence-electron chi connectivity index (χ4n) is 1.96. The van der Waals surface area contributed by atoms with E-state index in [2.05, 4.69) is 31.4 Å². The standard InChI is InChI=1S/C16H14BrN3O2S2/c1-10-6-7-23-15(10)18-13(21)9-24-16-20-19-14(22-16)11-4-2-3-5-12(17)8-11/h3-8H,2,9H2,1H3,(H,18,21). The second-order valence-corrected chi connectivity index (χ2v) is 7.73. The number of allylic oxidation sites excluding steroid dienone is 6. The Morgan fingerprint density at radius 2 is 2.38 bits per heavy atom. The minimum Gasteiger partial charge on any atom is -0.411 e. The van der Waals surface area contributed by atoms with Gasteiger partial charge in [0.25, 0.3) is 5.22 Å². The molecule has 0 unspecified atom stereocenters. The average Bonchev–Trinajstić information content (AvgIpc) is 3.12. The number of thiophene rings is 1. The number of hydrogen-bond acceptors (Lipinski definition) is 6. The number of anilines is 1. The van der Waals surface area contributed by atoms with Crippen molar-refractivity contribution in [1.82, 2.24) is 10.2 Å². The van der Waals surface area contributed by atoms with E-state index in [1.54, 1.807) is 0 Å². The van der Waals surface area contributed by atoms with Crippen LogP contribution in [0, 0.1) is 6.92 Å². The summed E-state index contributed by atoms with van der Waals surface area (Å²) in [5.74, 6) is 0.581. The molecule has 1 aliphatic rings. The molecule has 0 spiro atoms. The van der Waals surface area contributed by atoms with E-state index < -0.39 is 0 Å². The van der Waals surface area contributed by atoms with E-state index in [1.165, 1.54) is 23.1 Å². The van der Waals surface area contributed by atoms with E-state index in [-0.39, 0.29) is 11.7 Å². The Kier molecular flexibility index (Phi) is 5.70. The molecule has 2 aromatic rings. The topological polar surface area (TPSA) is 68.0 Å². The van der Waals surface area contributed by atoms with Gasteiger partial charge in [-0.25, -0.2) is 0 Å². The molecule has 0 radical (unpaired) electrons. The van der Waals surface area contributed by atoms with E-state index >= 15 is 0 Å². The molecule has 2 aromatic heterocycles. The van der Waals surface area contributed by atoms with Gasteiger partial charge in [0.2, 0.25) is 11.8 Å². The van der Waals surface area contributed by atoms with Crippen molar-refractivity contribution in [2.75, 3.05) is 11.1 Å². The number of nitrogens with zero attached hydrogens (tertiary/aromatic N) is 2. The first kappa shape index (κ1) is 17.2. The molecule has 2 heterocycles. The summed E-state index contributed by atoms with van der Waals surface area (Å²) in [6.07, 6.45) is 8.76. The maximum atomic E-state index is 12.0. The lowest BCUT2D eigenvalue weighted by atomic mass is 10.2. The van der Waals surface area contributed by atoms with E-state index in [0.717, 1.165) is 27.0 Å². The predicted octanol–water partition coefficient (Wildman–Crippen LogP) is 4.79. The highest BCUT2D eigenvalue weighted by atomic mass is 79.9. The lowest BCUT2D eigenvalue weighted by Gasteiger charge is -2.02. The number of thioether (sulfide) groups is 1. The van der Waals surface area contributed by atoms with Gasteiger partial charge in [0, 0.05) is 10.1 Å². The number of aromatic nitrogens is 2.